The summed E-state index contributed by atoms with van der Waals surface area (Å²) in [6, 6.07) is 2.82. The normalized spacial score (nSPS) is 16.2. The number of alkyl halides is 9. The number of anilines is 2. The molecule has 7 nitrogen and oxygen atoms in total. The van der Waals surface area contributed by atoms with Gasteiger partial charge in [-0.05, 0) is 65.9 Å². The molecular formula is C27H24F9N7S. The minimum atomic E-state index is -5.07. The molecule has 0 aliphatic carbocycles. The third-order valence-electron chi connectivity index (χ3n) is 7.23. The van der Waals surface area contributed by atoms with Gasteiger partial charge in [0.1, 0.15) is 5.01 Å². The Labute approximate surface area is 248 Å². The van der Waals surface area contributed by atoms with Gasteiger partial charge in [-0.1, -0.05) is 11.2 Å². The standard InChI is InChI=1S/C27H24F9N7S/c1-15-8-19-21(4-3-6-42(14-23-37-5-7-44-23)22(19)12-20(15)27(34,35)36)43(24-38-40-41(2)39-24)13-16-9-17(25(28,29)30)11-18(10-16)26(31,32)33/h5,7-12,21H,3-4,6,13-14H2,1-2H3. The molecule has 236 valence electrons. The van der Waals surface area contributed by atoms with Crippen molar-refractivity contribution in [2.75, 3.05) is 16.3 Å². The second-order valence-corrected chi connectivity index (χ2v) is 11.3. The van der Waals surface area contributed by atoms with E-state index in [1.165, 1.54) is 36.3 Å². The molecule has 4 aromatic rings. The molecule has 1 aliphatic rings. The molecule has 0 saturated carbocycles. The molecule has 0 amide bonds. The van der Waals surface area contributed by atoms with E-state index in [1.54, 1.807) is 16.5 Å². The van der Waals surface area contributed by atoms with Crippen LogP contribution in [0.2, 0.25) is 0 Å². The molecular weight excluding hydrogens is 625 g/mol. The second kappa shape index (κ2) is 11.6. The molecule has 3 heterocycles. The van der Waals surface area contributed by atoms with E-state index in [0.29, 0.717) is 35.7 Å². The highest BCUT2D eigenvalue weighted by Crippen LogP contribution is 2.44. The lowest BCUT2D eigenvalue weighted by Crippen LogP contribution is -2.30. The fourth-order valence-electron chi connectivity index (χ4n) is 5.32. The first kappa shape index (κ1) is 31.5. The van der Waals surface area contributed by atoms with Gasteiger partial charge < -0.3 is 9.80 Å². The van der Waals surface area contributed by atoms with Crippen LogP contribution in [0.5, 0.6) is 0 Å². The number of halogens is 9. The molecule has 1 aliphatic heterocycles. The molecule has 0 fully saturated rings. The molecule has 2 aromatic carbocycles. The molecule has 0 saturated heterocycles. The number of benzene rings is 2. The molecule has 0 spiro atoms. The first-order chi connectivity index (χ1) is 20.5. The van der Waals surface area contributed by atoms with E-state index in [1.807, 2.05) is 0 Å². The van der Waals surface area contributed by atoms with Gasteiger partial charge in [-0.3, -0.25) is 0 Å². The largest absolute Gasteiger partial charge is 0.416 e. The van der Waals surface area contributed by atoms with Gasteiger partial charge in [-0.2, -0.15) is 44.3 Å². The maximum atomic E-state index is 14.0. The summed E-state index contributed by atoms with van der Waals surface area (Å²) in [6.45, 7) is 1.29. The van der Waals surface area contributed by atoms with E-state index < -0.39 is 47.8 Å². The Kier molecular flexibility index (Phi) is 8.28. The van der Waals surface area contributed by atoms with Gasteiger partial charge in [0.15, 0.2) is 0 Å². The zero-order chi connectivity index (χ0) is 32.0. The molecule has 1 unspecified atom stereocenters. The van der Waals surface area contributed by atoms with Crippen molar-refractivity contribution < 1.29 is 39.5 Å². The van der Waals surface area contributed by atoms with Gasteiger partial charge >= 0.3 is 18.5 Å². The molecule has 2 aromatic heterocycles. The lowest BCUT2D eigenvalue weighted by Gasteiger charge is -2.33. The molecule has 0 bridgehead atoms. The summed E-state index contributed by atoms with van der Waals surface area (Å²) >= 11 is 1.33. The highest BCUT2D eigenvalue weighted by Gasteiger charge is 2.39. The van der Waals surface area contributed by atoms with Crippen molar-refractivity contribution in [3.8, 4) is 0 Å². The summed E-state index contributed by atoms with van der Waals surface area (Å²) in [4.78, 5) is 8.45. The highest BCUT2D eigenvalue weighted by atomic mass is 32.1. The smallest absolute Gasteiger partial charge is 0.364 e. The third kappa shape index (κ3) is 6.76. The number of hydrogen-bond donors (Lipinski definition) is 0. The van der Waals surface area contributed by atoms with E-state index in [-0.39, 0.29) is 41.8 Å². The number of aryl methyl sites for hydroxylation is 2. The topological polar surface area (TPSA) is 63.0 Å². The SMILES string of the molecule is Cc1cc2c(cc1C(F)(F)F)N(Cc1nccs1)CCCC2N(Cc1cc(C(F)(F)F)cc(C(F)(F)F)c1)c1nnn(C)n1. The van der Waals surface area contributed by atoms with E-state index >= 15 is 0 Å². The van der Waals surface area contributed by atoms with Gasteiger partial charge in [-0.25, -0.2) is 4.98 Å². The average molecular weight is 650 g/mol. The summed E-state index contributed by atoms with van der Waals surface area (Å²) in [5, 5.41) is 14.3. The maximum absolute atomic E-state index is 14.0. The number of thiazole rings is 1. The van der Waals surface area contributed by atoms with E-state index in [0.717, 1.165) is 10.9 Å². The van der Waals surface area contributed by atoms with Gasteiger partial charge in [0.2, 0.25) is 0 Å². The number of fused-ring (bicyclic) bond motifs is 1. The van der Waals surface area contributed by atoms with Crippen LogP contribution in [0.4, 0.5) is 51.1 Å². The van der Waals surface area contributed by atoms with Crippen molar-refractivity contribution in [2.45, 2.75) is 57.4 Å². The fourth-order valence-corrected chi connectivity index (χ4v) is 5.95. The first-order valence-corrected chi connectivity index (χ1v) is 14.0. The van der Waals surface area contributed by atoms with Crippen molar-refractivity contribution >= 4 is 23.0 Å². The summed E-state index contributed by atoms with van der Waals surface area (Å²) in [5.74, 6) is -0.111. The van der Waals surface area contributed by atoms with Crippen LogP contribution in [0.3, 0.4) is 0 Å². The Hall–Kier alpha value is -3.89. The van der Waals surface area contributed by atoms with Crippen LogP contribution in [0, 0.1) is 6.92 Å². The summed E-state index contributed by atoms with van der Waals surface area (Å²) < 4.78 is 124. The van der Waals surface area contributed by atoms with Crippen LogP contribution in [-0.4, -0.2) is 31.7 Å². The Morgan fingerprint density at radius 1 is 0.932 bits per heavy atom. The van der Waals surface area contributed by atoms with Gasteiger partial charge in [0.05, 0.1) is 36.3 Å². The van der Waals surface area contributed by atoms with Gasteiger partial charge in [-0.15, -0.1) is 16.4 Å². The summed E-state index contributed by atoms with van der Waals surface area (Å²) in [7, 11) is 1.43. The number of tetrazole rings is 1. The monoisotopic (exact) mass is 649 g/mol. The molecule has 17 heteroatoms. The predicted molar refractivity (Wildman–Crippen MR) is 143 cm³/mol. The van der Waals surface area contributed by atoms with Crippen molar-refractivity contribution in [1.29, 1.82) is 0 Å². The van der Waals surface area contributed by atoms with Gasteiger partial charge in [0, 0.05) is 30.4 Å². The zero-order valence-electron chi connectivity index (χ0n) is 23.1. The Bertz CT molecular complexity index is 1580. The minimum absolute atomic E-state index is 0.0356. The van der Waals surface area contributed by atoms with Crippen molar-refractivity contribution in [3.05, 3.63) is 80.3 Å². The van der Waals surface area contributed by atoms with Crippen LogP contribution < -0.4 is 9.80 Å². The number of nitrogens with zero attached hydrogens (tertiary/aromatic N) is 7. The number of aromatic nitrogens is 5. The Morgan fingerprint density at radius 3 is 2.16 bits per heavy atom. The summed E-state index contributed by atoms with van der Waals surface area (Å²) in [5.41, 5.74) is -3.67. The lowest BCUT2D eigenvalue weighted by atomic mass is 9.94. The molecule has 44 heavy (non-hydrogen) atoms. The van der Waals surface area contributed by atoms with E-state index in [2.05, 4.69) is 20.4 Å². The van der Waals surface area contributed by atoms with E-state index in [4.69, 9.17) is 0 Å². The maximum Gasteiger partial charge on any atom is 0.416 e. The number of hydrogen-bond acceptors (Lipinski definition) is 7. The van der Waals surface area contributed by atoms with Crippen LogP contribution in [0.25, 0.3) is 0 Å². The predicted octanol–water partition coefficient (Wildman–Crippen LogP) is 7.58. The van der Waals surface area contributed by atoms with Crippen LogP contribution in [0.15, 0.2) is 41.9 Å². The van der Waals surface area contributed by atoms with Gasteiger partial charge in [0.25, 0.3) is 5.95 Å². The first-order valence-electron chi connectivity index (χ1n) is 13.1. The molecule has 1 atom stereocenters. The zero-order valence-corrected chi connectivity index (χ0v) is 23.9. The van der Waals surface area contributed by atoms with Crippen LogP contribution in [-0.2, 0) is 38.7 Å². The fraction of sp³-hybridized carbons (Fsp3) is 0.407. The lowest BCUT2D eigenvalue weighted by molar-refractivity contribution is -0.143. The summed E-state index contributed by atoms with van der Waals surface area (Å²) in [6.07, 6.45) is -12.5. The highest BCUT2D eigenvalue weighted by molar-refractivity contribution is 7.09. The van der Waals surface area contributed by atoms with Crippen molar-refractivity contribution in [2.24, 2.45) is 7.05 Å². The van der Waals surface area contributed by atoms with Crippen molar-refractivity contribution in [1.82, 2.24) is 25.2 Å². The Balaban J connectivity index is 1.67. The van der Waals surface area contributed by atoms with Crippen molar-refractivity contribution in [3.63, 3.8) is 0 Å². The second-order valence-electron chi connectivity index (χ2n) is 10.4. The van der Waals surface area contributed by atoms with E-state index in [9.17, 15) is 39.5 Å². The third-order valence-corrected chi connectivity index (χ3v) is 7.99. The Morgan fingerprint density at radius 2 is 1.61 bits per heavy atom. The quantitative estimate of drug-likeness (QED) is 0.201. The number of rotatable bonds is 6. The van der Waals surface area contributed by atoms with Crippen LogP contribution in [0.1, 0.15) is 57.3 Å². The molecule has 0 N–H and O–H groups in total. The molecule has 0 radical (unpaired) electrons. The average Bonchev–Trinajstić information content (AvgIpc) is 3.55. The van der Waals surface area contributed by atoms with Crippen LogP contribution >= 0.6 is 11.3 Å². The molecule has 5 rings (SSSR count). The minimum Gasteiger partial charge on any atom is -0.364 e.